The number of amides is 1. The second-order valence-electron chi connectivity index (χ2n) is 5.64. The van der Waals surface area contributed by atoms with Crippen molar-refractivity contribution < 1.29 is 14.3 Å². The van der Waals surface area contributed by atoms with Gasteiger partial charge in [0.15, 0.2) is 11.5 Å². The zero-order chi connectivity index (χ0) is 18.4. The molecule has 2 aromatic rings. The van der Waals surface area contributed by atoms with Gasteiger partial charge in [-0.15, -0.1) is 11.8 Å². The van der Waals surface area contributed by atoms with Crippen LogP contribution in [0.3, 0.4) is 0 Å². The average Bonchev–Trinajstić information content (AvgIpc) is 2.67. The molecule has 0 aliphatic carbocycles. The van der Waals surface area contributed by atoms with Crippen LogP contribution in [0, 0.1) is 0 Å². The second-order valence-corrected chi connectivity index (χ2v) is 7.25. The van der Waals surface area contributed by atoms with E-state index in [9.17, 15) is 4.79 Å². The van der Waals surface area contributed by atoms with Crippen molar-refractivity contribution in [1.82, 2.24) is 5.43 Å². The molecule has 0 unspecified atom stereocenters. The number of halogens is 1. The number of thioether (sulfide) groups is 1. The first-order chi connectivity index (χ1) is 12.6. The number of hydrogen-bond donors (Lipinski definition) is 1. The maximum Gasteiger partial charge on any atom is 0.240 e. The van der Waals surface area contributed by atoms with Gasteiger partial charge in [0.2, 0.25) is 5.91 Å². The molecule has 1 aliphatic rings. The lowest BCUT2D eigenvalue weighted by Crippen LogP contribution is -2.20. The van der Waals surface area contributed by atoms with Crippen molar-refractivity contribution in [2.45, 2.75) is 18.2 Å². The van der Waals surface area contributed by atoms with E-state index in [0.717, 1.165) is 16.2 Å². The summed E-state index contributed by atoms with van der Waals surface area (Å²) < 4.78 is 11.1. The van der Waals surface area contributed by atoms with Gasteiger partial charge in [0, 0.05) is 27.7 Å². The minimum absolute atomic E-state index is 0.122. The molecule has 0 aromatic heterocycles. The van der Waals surface area contributed by atoms with Crippen molar-refractivity contribution in [2.75, 3.05) is 19.0 Å². The summed E-state index contributed by atoms with van der Waals surface area (Å²) in [7, 11) is 0. The molecular formula is C19H19ClN2O3S. The van der Waals surface area contributed by atoms with Gasteiger partial charge in [-0.25, -0.2) is 5.43 Å². The van der Waals surface area contributed by atoms with E-state index in [2.05, 4.69) is 10.5 Å². The Morgan fingerprint density at radius 1 is 1.15 bits per heavy atom. The van der Waals surface area contributed by atoms with Gasteiger partial charge in [-0.3, -0.25) is 4.79 Å². The summed E-state index contributed by atoms with van der Waals surface area (Å²) in [5.74, 6) is 1.99. The third kappa shape index (κ3) is 5.16. The molecule has 2 aromatic carbocycles. The highest BCUT2D eigenvalue weighted by molar-refractivity contribution is 7.99. The number of fused-ring (bicyclic) bond motifs is 1. The van der Waals surface area contributed by atoms with Crippen molar-refractivity contribution in [1.29, 1.82) is 0 Å². The molecule has 136 valence electrons. The minimum atomic E-state index is -0.122. The molecule has 0 bridgehead atoms. The number of hydrogen-bond acceptors (Lipinski definition) is 5. The Bertz CT molecular complexity index is 809. The summed E-state index contributed by atoms with van der Waals surface area (Å²) in [4.78, 5) is 13.0. The molecule has 1 aliphatic heterocycles. The van der Waals surface area contributed by atoms with Crippen molar-refractivity contribution in [3.63, 3.8) is 0 Å². The summed E-state index contributed by atoms with van der Waals surface area (Å²) in [5, 5.41) is 4.88. The van der Waals surface area contributed by atoms with E-state index in [1.807, 2.05) is 49.4 Å². The van der Waals surface area contributed by atoms with Crippen LogP contribution in [0.4, 0.5) is 0 Å². The molecule has 0 radical (unpaired) electrons. The van der Waals surface area contributed by atoms with Crippen LogP contribution in [0.15, 0.2) is 52.5 Å². The topological polar surface area (TPSA) is 59.9 Å². The third-order valence-electron chi connectivity index (χ3n) is 3.72. The van der Waals surface area contributed by atoms with E-state index in [1.165, 1.54) is 0 Å². The number of benzene rings is 2. The zero-order valence-electron chi connectivity index (χ0n) is 14.3. The van der Waals surface area contributed by atoms with E-state index >= 15 is 0 Å². The SMILES string of the molecule is C/C(=N/NC(=O)CCSc1ccc(Cl)cc1)c1ccc2c(c1)OCCO2. The predicted octanol–water partition coefficient (Wildman–Crippen LogP) is 4.13. The van der Waals surface area contributed by atoms with Gasteiger partial charge in [-0.05, 0) is 49.4 Å². The van der Waals surface area contributed by atoms with Crippen LogP contribution in [-0.2, 0) is 4.79 Å². The van der Waals surface area contributed by atoms with E-state index in [-0.39, 0.29) is 5.91 Å². The van der Waals surface area contributed by atoms with Gasteiger partial charge in [0.25, 0.3) is 0 Å². The van der Waals surface area contributed by atoms with Gasteiger partial charge in [-0.2, -0.15) is 5.10 Å². The molecule has 1 heterocycles. The van der Waals surface area contributed by atoms with E-state index in [1.54, 1.807) is 11.8 Å². The van der Waals surface area contributed by atoms with Gasteiger partial charge in [-0.1, -0.05) is 11.6 Å². The smallest absolute Gasteiger partial charge is 0.240 e. The van der Waals surface area contributed by atoms with E-state index in [0.29, 0.717) is 41.9 Å². The standard InChI is InChI=1S/C19H19ClN2O3S/c1-13(14-2-7-17-18(12-14)25-10-9-24-17)21-22-19(23)8-11-26-16-5-3-15(20)4-6-16/h2-7,12H,8-11H2,1H3,(H,22,23)/b21-13-. The maximum absolute atomic E-state index is 12.0. The molecule has 0 saturated carbocycles. The highest BCUT2D eigenvalue weighted by atomic mass is 35.5. The van der Waals surface area contributed by atoms with Crippen molar-refractivity contribution in [3.05, 3.63) is 53.1 Å². The fourth-order valence-electron chi connectivity index (χ4n) is 2.33. The third-order valence-corrected chi connectivity index (χ3v) is 4.99. The number of carbonyl (C=O) groups excluding carboxylic acids is 1. The highest BCUT2D eigenvalue weighted by Crippen LogP contribution is 2.30. The minimum Gasteiger partial charge on any atom is -0.486 e. The first-order valence-electron chi connectivity index (χ1n) is 8.23. The molecule has 0 atom stereocenters. The number of rotatable bonds is 6. The Morgan fingerprint density at radius 2 is 1.88 bits per heavy atom. The molecule has 7 heteroatoms. The largest absolute Gasteiger partial charge is 0.486 e. The van der Waals surface area contributed by atoms with Crippen molar-refractivity contribution in [3.8, 4) is 11.5 Å². The first-order valence-corrected chi connectivity index (χ1v) is 9.60. The summed E-state index contributed by atoms with van der Waals surface area (Å²) in [6.07, 6.45) is 0.380. The summed E-state index contributed by atoms with van der Waals surface area (Å²) in [6, 6.07) is 13.2. The summed E-state index contributed by atoms with van der Waals surface area (Å²) in [6.45, 7) is 2.94. The molecule has 0 spiro atoms. The number of hydrazone groups is 1. The Balaban J connectivity index is 1.48. The first kappa shape index (κ1) is 18.6. The molecule has 1 amide bonds. The molecule has 1 N–H and O–H groups in total. The number of carbonyl (C=O) groups is 1. The zero-order valence-corrected chi connectivity index (χ0v) is 15.9. The molecule has 3 rings (SSSR count). The fourth-order valence-corrected chi connectivity index (χ4v) is 3.31. The van der Waals surface area contributed by atoms with Gasteiger partial charge < -0.3 is 9.47 Å². The van der Waals surface area contributed by atoms with E-state index < -0.39 is 0 Å². The van der Waals surface area contributed by atoms with Crippen molar-refractivity contribution >= 4 is 35.0 Å². The Labute approximate surface area is 161 Å². The van der Waals surface area contributed by atoms with Gasteiger partial charge in [0.05, 0.1) is 5.71 Å². The molecular weight excluding hydrogens is 372 g/mol. The monoisotopic (exact) mass is 390 g/mol. The molecule has 26 heavy (non-hydrogen) atoms. The van der Waals surface area contributed by atoms with Crippen molar-refractivity contribution in [2.24, 2.45) is 5.10 Å². The molecule has 5 nitrogen and oxygen atoms in total. The lowest BCUT2D eigenvalue weighted by atomic mass is 10.1. The average molecular weight is 391 g/mol. The summed E-state index contributed by atoms with van der Waals surface area (Å²) >= 11 is 7.46. The normalized spacial score (nSPS) is 13.4. The Kier molecular flexibility index (Phi) is 6.41. The Hall–Kier alpha value is -2.18. The van der Waals surface area contributed by atoms with E-state index in [4.69, 9.17) is 21.1 Å². The lowest BCUT2D eigenvalue weighted by Gasteiger charge is -2.18. The van der Waals surface area contributed by atoms with Gasteiger partial charge in [0.1, 0.15) is 13.2 Å². The van der Waals surface area contributed by atoms with Crippen LogP contribution in [0.2, 0.25) is 5.02 Å². The molecule has 0 saturated heterocycles. The van der Waals surface area contributed by atoms with Crippen LogP contribution in [0.25, 0.3) is 0 Å². The van der Waals surface area contributed by atoms with Crippen LogP contribution < -0.4 is 14.9 Å². The quantitative estimate of drug-likeness (QED) is 0.457. The maximum atomic E-state index is 12.0. The second kappa shape index (κ2) is 8.96. The summed E-state index contributed by atoms with van der Waals surface area (Å²) in [5.41, 5.74) is 4.19. The van der Waals surface area contributed by atoms with Crippen LogP contribution >= 0.6 is 23.4 Å². The molecule has 0 fully saturated rings. The highest BCUT2D eigenvalue weighted by Gasteiger charge is 2.12. The fraction of sp³-hybridized carbons (Fsp3) is 0.263. The lowest BCUT2D eigenvalue weighted by molar-refractivity contribution is -0.120. The number of nitrogens with one attached hydrogen (secondary N) is 1. The predicted molar refractivity (Wildman–Crippen MR) is 105 cm³/mol. The van der Waals surface area contributed by atoms with Crippen LogP contribution in [0.1, 0.15) is 18.9 Å². The van der Waals surface area contributed by atoms with Crippen LogP contribution in [-0.4, -0.2) is 30.6 Å². The van der Waals surface area contributed by atoms with Gasteiger partial charge >= 0.3 is 0 Å². The Morgan fingerprint density at radius 3 is 2.65 bits per heavy atom. The number of ether oxygens (including phenoxy) is 2. The van der Waals surface area contributed by atoms with Crippen LogP contribution in [0.5, 0.6) is 11.5 Å². The number of nitrogens with zero attached hydrogens (tertiary/aromatic N) is 1.